The van der Waals surface area contributed by atoms with Gasteiger partial charge in [0.1, 0.15) is 5.69 Å². The van der Waals surface area contributed by atoms with Crippen LogP contribution in [-0.2, 0) is 4.74 Å². The zero-order valence-electron chi connectivity index (χ0n) is 13.9. The third kappa shape index (κ3) is 4.81. The molecule has 1 aromatic heterocycles. The molecule has 0 saturated heterocycles. The van der Waals surface area contributed by atoms with Crippen LogP contribution in [0.25, 0.3) is 0 Å². The van der Waals surface area contributed by atoms with Gasteiger partial charge in [0.15, 0.2) is 0 Å². The highest BCUT2D eigenvalue weighted by Gasteiger charge is 2.10. The standard InChI is InChI=1S/C18H21N3O3/c1-21(15-7-4-3-5-8-15)12-6-11-19-17(22)16-10-9-14(13-20-16)18(23)24-2/h3-5,7-10,13H,6,11-12H2,1-2H3,(H,19,22). The number of amides is 1. The average molecular weight is 327 g/mol. The van der Waals surface area contributed by atoms with Crippen molar-refractivity contribution in [2.24, 2.45) is 0 Å². The van der Waals surface area contributed by atoms with Crippen LogP contribution in [0, 0.1) is 0 Å². The molecule has 126 valence electrons. The van der Waals surface area contributed by atoms with Crippen molar-refractivity contribution < 1.29 is 14.3 Å². The van der Waals surface area contributed by atoms with Crippen LogP contribution >= 0.6 is 0 Å². The molecule has 6 nitrogen and oxygen atoms in total. The Balaban J connectivity index is 1.76. The predicted molar refractivity (Wildman–Crippen MR) is 92.2 cm³/mol. The van der Waals surface area contributed by atoms with E-state index in [2.05, 4.69) is 19.9 Å². The molecular weight excluding hydrogens is 306 g/mol. The lowest BCUT2D eigenvalue weighted by molar-refractivity contribution is 0.0599. The number of esters is 1. The van der Waals surface area contributed by atoms with Crippen molar-refractivity contribution in [2.75, 3.05) is 32.1 Å². The first-order valence-electron chi connectivity index (χ1n) is 7.70. The zero-order chi connectivity index (χ0) is 17.4. The maximum Gasteiger partial charge on any atom is 0.339 e. The van der Waals surface area contributed by atoms with Crippen molar-refractivity contribution in [1.29, 1.82) is 0 Å². The van der Waals surface area contributed by atoms with E-state index < -0.39 is 5.97 Å². The summed E-state index contributed by atoms with van der Waals surface area (Å²) in [6.07, 6.45) is 2.15. The van der Waals surface area contributed by atoms with E-state index in [-0.39, 0.29) is 11.6 Å². The van der Waals surface area contributed by atoms with Gasteiger partial charge in [0.05, 0.1) is 12.7 Å². The van der Waals surface area contributed by atoms with Gasteiger partial charge in [-0.05, 0) is 30.7 Å². The molecule has 2 aromatic rings. The molecule has 0 spiro atoms. The van der Waals surface area contributed by atoms with Crippen molar-refractivity contribution in [3.63, 3.8) is 0 Å². The van der Waals surface area contributed by atoms with Crippen molar-refractivity contribution in [3.05, 3.63) is 59.9 Å². The number of pyridine rings is 1. The maximum absolute atomic E-state index is 12.0. The minimum Gasteiger partial charge on any atom is -0.465 e. The Morgan fingerprint density at radius 3 is 2.54 bits per heavy atom. The van der Waals surface area contributed by atoms with Crippen LogP contribution in [-0.4, -0.2) is 44.1 Å². The van der Waals surface area contributed by atoms with Gasteiger partial charge in [-0.3, -0.25) is 9.78 Å². The maximum atomic E-state index is 12.0. The molecule has 0 aliphatic heterocycles. The van der Waals surface area contributed by atoms with Crippen molar-refractivity contribution in [2.45, 2.75) is 6.42 Å². The van der Waals surface area contributed by atoms with Crippen molar-refractivity contribution in [1.82, 2.24) is 10.3 Å². The number of hydrogen-bond acceptors (Lipinski definition) is 5. The van der Waals surface area contributed by atoms with Gasteiger partial charge in [0.2, 0.25) is 0 Å². The molecule has 0 saturated carbocycles. The number of carbonyl (C=O) groups is 2. The second-order valence-corrected chi connectivity index (χ2v) is 5.29. The van der Waals surface area contributed by atoms with Crippen LogP contribution in [0.3, 0.4) is 0 Å². The molecule has 1 aromatic carbocycles. The van der Waals surface area contributed by atoms with Crippen LogP contribution < -0.4 is 10.2 Å². The van der Waals surface area contributed by atoms with Crippen molar-refractivity contribution in [3.8, 4) is 0 Å². The third-order valence-electron chi connectivity index (χ3n) is 3.57. The first kappa shape index (κ1) is 17.5. The Morgan fingerprint density at radius 1 is 1.17 bits per heavy atom. The van der Waals surface area contributed by atoms with Gasteiger partial charge in [-0.25, -0.2) is 4.79 Å². The molecule has 0 aliphatic rings. The molecule has 0 unspecified atom stereocenters. The minimum absolute atomic E-state index is 0.256. The van der Waals surface area contributed by atoms with Crippen LogP contribution in [0.4, 0.5) is 5.69 Å². The summed E-state index contributed by atoms with van der Waals surface area (Å²) in [7, 11) is 3.32. The summed E-state index contributed by atoms with van der Waals surface area (Å²) in [5.74, 6) is -0.729. The Hall–Kier alpha value is -2.89. The summed E-state index contributed by atoms with van der Waals surface area (Å²) in [4.78, 5) is 29.4. The van der Waals surface area contributed by atoms with Crippen LogP contribution in [0.1, 0.15) is 27.3 Å². The number of rotatable bonds is 7. The quantitative estimate of drug-likeness (QED) is 0.623. The highest BCUT2D eigenvalue weighted by atomic mass is 16.5. The number of anilines is 1. The summed E-state index contributed by atoms with van der Waals surface area (Å²) in [6, 6.07) is 13.1. The molecule has 0 aliphatic carbocycles. The molecule has 1 heterocycles. The molecule has 1 amide bonds. The summed E-state index contributed by atoms with van der Waals surface area (Å²) in [6.45, 7) is 1.38. The van der Waals surface area contributed by atoms with Gasteiger partial charge in [0.25, 0.3) is 5.91 Å². The fraction of sp³-hybridized carbons (Fsp3) is 0.278. The predicted octanol–water partition coefficient (Wildman–Crippen LogP) is 2.12. The van der Waals surface area contributed by atoms with Gasteiger partial charge in [-0.2, -0.15) is 0 Å². The summed E-state index contributed by atoms with van der Waals surface area (Å²) in [5.41, 5.74) is 1.74. The topological polar surface area (TPSA) is 71.5 Å². The largest absolute Gasteiger partial charge is 0.465 e. The lowest BCUT2D eigenvalue weighted by atomic mass is 10.2. The number of ether oxygens (including phenoxy) is 1. The van der Waals surface area contributed by atoms with E-state index in [9.17, 15) is 9.59 Å². The van der Waals surface area contributed by atoms with Gasteiger partial charge < -0.3 is 15.0 Å². The number of methoxy groups -OCH3 is 1. The van der Waals surface area contributed by atoms with E-state index in [0.717, 1.165) is 18.7 Å². The smallest absolute Gasteiger partial charge is 0.339 e. The van der Waals surface area contributed by atoms with Crippen molar-refractivity contribution >= 4 is 17.6 Å². The highest BCUT2D eigenvalue weighted by Crippen LogP contribution is 2.10. The molecule has 6 heteroatoms. The average Bonchev–Trinajstić information content (AvgIpc) is 2.65. The van der Waals surface area contributed by atoms with E-state index in [4.69, 9.17) is 0 Å². The van der Waals surface area contributed by atoms with Crippen LogP contribution in [0.15, 0.2) is 48.7 Å². The monoisotopic (exact) mass is 327 g/mol. The highest BCUT2D eigenvalue weighted by molar-refractivity contribution is 5.94. The molecule has 0 radical (unpaired) electrons. The van der Waals surface area contributed by atoms with Crippen LogP contribution in [0.2, 0.25) is 0 Å². The second-order valence-electron chi connectivity index (χ2n) is 5.29. The zero-order valence-corrected chi connectivity index (χ0v) is 13.9. The van der Waals surface area contributed by atoms with Gasteiger partial charge >= 0.3 is 5.97 Å². The van der Waals surface area contributed by atoms with E-state index in [0.29, 0.717) is 12.1 Å². The number of para-hydroxylation sites is 1. The second kappa shape index (κ2) is 8.67. The molecule has 0 bridgehead atoms. The summed E-state index contributed by atoms with van der Waals surface area (Å²) in [5, 5.41) is 2.82. The molecule has 24 heavy (non-hydrogen) atoms. The summed E-state index contributed by atoms with van der Waals surface area (Å²) >= 11 is 0. The number of carbonyl (C=O) groups excluding carboxylic acids is 2. The Morgan fingerprint density at radius 2 is 1.92 bits per heavy atom. The lowest BCUT2D eigenvalue weighted by Gasteiger charge is -2.19. The van der Waals surface area contributed by atoms with E-state index in [1.807, 2.05) is 37.4 Å². The molecule has 1 N–H and O–H groups in total. The fourth-order valence-corrected chi connectivity index (χ4v) is 2.19. The van der Waals surface area contributed by atoms with E-state index in [1.54, 1.807) is 0 Å². The number of aromatic nitrogens is 1. The molecule has 0 fully saturated rings. The van der Waals surface area contributed by atoms with Crippen LogP contribution in [0.5, 0.6) is 0 Å². The first-order valence-corrected chi connectivity index (χ1v) is 7.70. The SMILES string of the molecule is COC(=O)c1ccc(C(=O)NCCCN(C)c2ccccc2)nc1. The Labute approximate surface area is 141 Å². The summed E-state index contributed by atoms with van der Waals surface area (Å²) < 4.78 is 4.59. The first-order chi connectivity index (χ1) is 11.6. The third-order valence-corrected chi connectivity index (χ3v) is 3.57. The number of nitrogens with zero attached hydrogens (tertiary/aromatic N) is 2. The van der Waals surface area contributed by atoms with Gasteiger partial charge in [-0.1, -0.05) is 18.2 Å². The Kier molecular flexibility index (Phi) is 6.31. The number of hydrogen-bond donors (Lipinski definition) is 1. The number of nitrogens with one attached hydrogen (secondary N) is 1. The minimum atomic E-state index is -0.474. The lowest BCUT2D eigenvalue weighted by Crippen LogP contribution is -2.28. The van der Waals surface area contributed by atoms with E-state index >= 15 is 0 Å². The van der Waals surface area contributed by atoms with Gasteiger partial charge in [-0.15, -0.1) is 0 Å². The molecule has 2 rings (SSSR count). The normalized spacial score (nSPS) is 10.1. The van der Waals surface area contributed by atoms with E-state index in [1.165, 1.54) is 25.4 Å². The fourth-order valence-electron chi connectivity index (χ4n) is 2.19. The Bertz CT molecular complexity index is 672. The number of benzene rings is 1. The molecule has 0 atom stereocenters. The van der Waals surface area contributed by atoms with Gasteiger partial charge in [0, 0.05) is 32.0 Å². The molecular formula is C18H21N3O3.